The number of rotatable bonds is 2. The van der Waals surface area contributed by atoms with Crippen LogP contribution in [0.3, 0.4) is 0 Å². The van der Waals surface area contributed by atoms with Crippen LogP contribution in [-0.4, -0.2) is 27.8 Å². The van der Waals surface area contributed by atoms with Gasteiger partial charge in [-0.05, 0) is 63.5 Å². The number of anilines is 1. The molecule has 1 aliphatic heterocycles. The van der Waals surface area contributed by atoms with Crippen molar-refractivity contribution in [2.24, 2.45) is 21.5 Å². The molecule has 2 heterocycles. The van der Waals surface area contributed by atoms with Crippen molar-refractivity contribution in [2.45, 2.75) is 63.5 Å². The van der Waals surface area contributed by atoms with Crippen LogP contribution < -0.4 is 16.4 Å². The Balaban J connectivity index is 1.49. The van der Waals surface area contributed by atoms with Crippen LogP contribution in [-0.2, 0) is 12.8 Å². The molecule has 146 valence electrons. The summed E-state index contributed by atoms with van der Waals surface area (Å²) < 4.78 is 0. The Kier molecular flexibility index (Phi) is 4.10. The van der Waals surface area contributed by atoms with Crippen molar-refractivity contribution in [2.75, 3.05) is 4.90 Å². The summed E-state index contributed by atoms with van der Waals surface area (Å²) in [7, 11) is 0. The summed E-state index contributed by atoms with van der Waals surface area (Å²) in [4.78, 5) is 11.1. The number of aryl methyl sites for hydroxylation is 1. The quantitative estimate of drug-likeness (QED) is 0.747. The van der Waals surface area contributed by atoms with Crippen molar-refractivity contribution in [3.05, 3.63) is 35.5 Å². The Labute approximate surface area is 164 Å². The molecular weight excluding hydrogens is 350 g/mol. The molecule has 1 spiro atoms. The Morgan fingerprint density at radius 1 is 0.929 bits per heavy atom. The predicted octanol–water partition coefficient (Wildman–Crippen LogP) is 3.07. The van der Waals surface area contributed by atoms with Crippen LogP contribution in [0.15, 0.2) is 34.3 Å². The maximum Gasteiger partial charge on any atom is 0.220 e. The van der Waals surface area contributed by atoms with Crippen LogP contribution in [0, 0.1) is 0 Å². The number of nitrogens with zero attached hydrogens (tertiary/aromatic N) is 4. The number of nitrogens with two attached hydrogens (primary N) is 2. The van der Waals surface area contributed by atoms with Crippen molar-refractivity contribution in [3.8, 4) is 11.3 Å². The summed E-state index contributed by atoms with van der Waals surface area (Å²) in [6.07, 6.45) is 10.0. The molecule has 0 unspecified atom stereocenters. The first-order valence-electron chi connectivity index (χ1n) is 10.3. The highest BCUT2D eigenvalue weighted by Crippen LogP contribution is 2.40. The Morgan fingerprint density at radius 3 is 2.46 bits per heavy atom. The van der Waals surface area contributed by atoms with Crippen molar-refractivity contribution in [1.82, 2.24) is 10.2 Å². The van der Waals surface area contributed by atoms with E-state index < -0.39 is 5.66 Å². The molecule has 1 fully saturated rings. The van der Waals surface area contributed by atoms with Crippen LogP contribution in [0.2, 0.25) is 0 Å². The minimum atomic E-state index is -0.402. The number of fused-ring (bicyclic) bond motifs is 1. The lowest BCUT2D eigenvalue weighted by atomic mass is 9.87. The van der Waals surface area contributed by atoms with Gasteiger partial charge in [0.15, 0.2) is 0 Å². The zero-order valence-electron chi connectivity index (χ0n) is 16.1. The lowest BCUT2D eigenvalue weighted by Crippen LogP contribution is -2.58. The first-order valence-corrected chi connectivity index (χ1v) is 10.3. The van der Waals surface area contributed by atoms with Gasteiger partial charge in [-0.1, -0.05) is 18.6 Å². The topological polar surface area (TPSA) is 109 Å². The summed E-state index contributed by atoms with van der Waals surface area (Å²) in [6, 6.07) is 8.47. The SMILES string of the molecule is NC1=NC2(CCCCC2)N(c2ccc(-c3n[nH]c4c3CCCC4)cc2)C(N)=N1. The molecule has 7 nitrogen and oxygen atoms in total. The van der Waals surface area contributed by atoms with Crippen LogP contribution in [0.4, 0.5) is 5.69 Å². The van der Waals surface area contributed by atoms with E-state index in [9.17, 15) is 0 Å². The van der Waals surface area contributed by atoms with Gasteiger partial charge in [-0.2, -0.15) is 10.1 Å². The van der Waals surface area contributed by atoms with Gasteiger partial charge >= 0.3 is 0 Å². The summed E-state index contributed by atoms with van der Waals surface area (Å²) in [5.41, 5.74) is 17.8. The molecule has 3 aliphatic rings. The fraction of sp³-hybridized carbons (Fsp3) is 0.476. The molecule has 28 heavy (non-hydrogen) atoms. The standard InChI is InChI=1S/C21H27N7/c22-19-24-20(23)28(21(25-19)12-4-1-5-13-21)15-10-8-14(9-11-15)18-16-6-2-3-7-17(16)26-27-18/h8-11H,1-7,12-13H2,(H,26,27)(H4,22,23,24,25). The number of H-pyrrole nitrogens is 1. The van der Waals surface area contributed by atoms with Crippen molar-refractivity contribution >= 4 is 17.6 Å². The number of aromatic nitrogens is 2. The molecule has 1 saturated carbocycles. The number of aliphatic imine (C=N–C) groups is 2. The number of nitrogens with one attached hydrogen (secondary N) is 1. The normalized spacial score (nSPS) is 21.2. The molecule has 5 rings (SSSR count). The third kappa shape index (κ3) is 2.77. The number of hydrogen-bond donors (Lipinski definition) is 3. The number of benzene rings is 1. The maximum atomic E-state index is 6.33. The fourth-order valence-corrected chi connectivity index (χ4v) is 4.98. The lowest BCUT2D eigenvalue weighted by Gasteiger charge is -2.45. The second-order valence-corrected chi connectivity index (χ2v) is 8.10. The Morgan fingerprint density at radius 2 is 1.68 bits per heavy atom. The van der Waals surface area contributed by atoms with Gasteiger partial charge in [-0.25, -0.2) is 4.99 Å². The van der Waals surface area contributed by atoms with Gasteiger partial charge in [0.25, 0.3) is 0 Å². The average Bonchev–Trinajstić information content (AvgIpc) is 3.13. The van der Waals surface area contributed by atoms with E-state index in [4.69, 9.17) is 16.5 Å². The largest absolute Gasteiger partial charge is 0.369 e. The van der Waals surface area contributed by atoms with Crippen molar-refractivity contribution in [3.63, 3.8) is 0 Å². The molecule has 0 amide bonds. The third-order valence-corrected chi connectivity index (χ3v) is 6.31. The first kappa shape index (κ1) is 17.3. The highest BCUT2D eigenvalue weighted by atomic mass is 15.4. The minimum Gasteiger partial charge on any atom is -0.369 e. The Bertz CT molecular complexity index is 932. The van der Waals surface area contributed by atoms with E-state index in [1.54, 1.807) is 0 Å². The molecule has 0 atom stereocenters. The zero-order chi connectivity index (χ0) is 19.1. The van der Waals surface area contributed by atoms with E-state index in [0.29, 0.717) is 5.96 Å². The highest BCUT2D eigenvalue weighted by Gasteiger charge is 2.42. The zero-order valence-corrected chi connectivity index (χ0v) is 16.1. The average molecular weight is 377 g/mol. The van der Waals surface area contributed by atoms with E-state index in [1.807, 2.05) is 0 Å². The molecule has 0 saturated heterocycles. The van der Waals surface area contributed by atoms with E-state index in [-0.39, 0.29) is 5.96 Å². The summed E-state index contributed by atoms with van der Waals surface area (Å²) in [6.45, 7) is 0. The van der Waals surface area contributed by atoms with Gasteiger partial charge in [-0.15, -0.1) is 0 Å². The smallest absolute Gasteiger partial charge is 0.220 e. The van der Waals surface area contributed by atoms with Gasteiger partial charge in [0.1, 0.15) is 5.66 Å². The van der Waals surface area contributed by atoms with E-state index in [0.717, 1.165) is 55.5 Å². The van der Waals surface area contributed by atoms with Crippen LogP contribution >= 0.6 is 0 Å². The van der Waals surface area contributed by atoms with Gasteiger partial charge in [0.05, 0.1) is 5.69 Å². The molecule has 1 aromatic heterocycles. The molecule has 5 N–H and O–H groups in total. The maximum absolute atomic E-state index is 6.33. The number of guanidine groups is 2. The predicted molar refractivity (Wildman–Crippen MR) is 112 cm³/mol. The molecule has 1 aromatic carbocycles. The van der Waals surface area contributed by atoms with Crippen LogP contribution in [0.25, 0.3) is 11.3 Å². The number of hydrogen-bond acceptors (Lipinski definition) is 6. The fourth-order valence-electron chi connectivity index (χ4n) is 4.98. The second kappa shape index (κ2) is 6.65. The van der Waals surface area contributed by atoms with Crippen LogP contribution in [0.5, 0.6) is 0 Å². The van der Waals surface area contributed by atoms with Gasteiger partial charge in [0.2, 0.25) is 11.9 Å². The molecule has 0 radical (unpaired) electrons. The number of aromatic amines is 1. The summed E-state index contributed by atoms with van der Waals surface area (Å²) >= 11 is 0. The summed E-state index contributed by atoms with van der Waals surface area (Å²) in [5, 5.41) is 7.82. The van der Waals surface area contributed by atoms with Crippen molar-refractivity contribution < 1.29 is 0 Å². The first-order chi connectivity index (χ1) is 13.7. The molecule has 7 heteroatoms. The lowest BCUT2D eigenvalue weighted by molar-refractivity contribution is 0.305. The van der Waals surface area contributed by atoms with E-state index in [1.165, 1.54) is 30.5 Å². The monoisotopic (exact) mass is 377 g/mol. The molecule has 2 aliphatic carbocycles. The highest BCUT2D eigenvalue weighted by molar-refractivity contribution is 6.05. The van der Waals surface area contributed by atoms with Gasteiger partial charge in [-0.3, -0.25) is 10.00 Å². The summed E-state index contributed by atoms with van der Waals surface area (Å²) in [5.74, 6) is 0.717. The van der Waals surface area contributed by atoms with Crippen molar-refractivity contribution in [1.29, 1.82) is 0 Å². The molecule has 2 aromatic rings. The third-order valence-electron chi connectivity index (χ3n) is 6.31. The van der Waals surface area contributed by atoms with Crippen LogP contribution in [0.1, 0.15) is 56.2 Å². The second-order valence-electron chi connectivity index (χ2n) is 8.10. The molecule has 0 bridgehead atoms. The van der Waals surface area contributed by atoms with E-state index >= 15 is 0 Å². The molecular formula is C21H27N7. The van der Waals surface area contributed by atoms with Gasteiger partial charge in [0, 0.05) is 22.5 Å². The Hall–Kier alpha value is -2.83. The minimum absolute atomic E-state index is 0.287. The van der Waals surface area contributed by atoms with E-state index in [2.05, 4.69) is 44.4 Å². The van der Waals surface area contributed by atoms with Gasteiger partial charge < -0.3 is 11.5 Å².